The Labute approximate surface area is 109 Å². The number of amides is 1. The molecule has 1 rings (SSSR count). The van der Waals surface area contributed by atoms with Crippen LogP contribution in [0.1, 0.15) is 32.8 Å². The van der Waals surface area contributed by atoms with Gasteiger partial charge in [0.2, 0.25) is 5.91 Å². The smallest absolute Gasteiger partial charge is 0.216 e. The summed E-state index contributed by atoms with van der Waals surface area (Å²) in [4.78, 5) is 10.7. The Hall–Kier alpha value is -1.77. The number of carbonyl (C=O) groups excluding carboxylic acids is 1. The first-order valence-corrected chi connectivity index (χ1v) is 6.26. The molecule has 0 bridgehead atoms. The van der Waals surface area contributed by atoms with Gasteiger partial charge in [-0.2, -0.15) is 0 Å². The largest absolute Gasteiger partial charge is 0.490 e. The van der Waals surface area contributed by atoms with E-state index >= 15 is 0 Å². The molecule has 18 heavy (non-hydrogen) atoms. The summed E-state index contributed by atoms with van der Waals surface area (Å²) in [6, 6.07) is 7.94. The van der Waals surface area contributed by atoms with E-state index in [-0.39, 0.29) is 12.0 Å². The molecule has 0 unspecified atom stereocenters. The van der Waals surface area contributed by atoms with Crippen molar-refractivity contribution in [2.24, 2.45) is 0 Å². The van der Waals surface area contributed by atoms with Crippen LogP contribution < -0.4 is 10.1 Å². The van der Waals surface area contributed by atoms with Gasteiger partial charge in [-0.3, -0.25) is 4.79 Å². The van der Waals surface area contributed by atoms with Gasteiger partial charge in [-0.1, -0.05) is 30.4 Å². The molecule has 0 saturated heterocycles. The van der Waals surface area contributed by atoms with Crippen LogP contribution in [0, 0.1) is 0 Å². The lowest BCUT2D eigenvalue weighted by atomic mass is 10.1. The first kappa shape index (κ1) is 14.3. The summed E-state index contributed by atoms with van der Waals surface area (Å²) < 4.78 is 5.72. The third kappa shape index (κ3) is 5.53. The van der Waals surface area contributed by atoms with Crippen LogP contribution in [0.5, 0.6) is 5.75 Å². The molecule has 0 saturated carbocycles. The fraction of sp³-hybridized carbons (Fsp3) is 0.400. The Bertz CT molecular complexity index is 411. The van der Waals surface area contributed by atoms with Crippen LogP contribution >= 0.6 is 0 Å². The lowest BCUT2D eigenvalue weighted by molar-refractivity contribution is -0.118. The number of rotatable bonds is 6. The van der Waals surface area contributed by atoms with E-state index < -0.39 is 0 Å². The van der Waals surface area contributed by atoms with Gasteiger partial charge in [0, 0.05) is 19.0 Å². The monoisotopic (exact) mass is 247 g/mol. The van der Waals surface area contributed by atoms with E-state index in [1.165, 1.54) is 6.92 Å². The van der Waals surface area contributed by atoms with Gasteiger partial charge < -0.3 is 10.1 Å². The summed E-state index contributed by atoms with van der Waals surface area (Å²) in [6.07, 6.45) is 5.05. The molecule has 1 N–H and O–H groups in total. The number of ether oxygens (including phenoxy) is 1. The van der Waals surface area contributed by atoms with Gasteiger partial charge in [-0.05, 0) is 26.3 Å². The first-order chi connectivity index (χ1) is 8.59. The molecule has 0 fully saturated rings. The van der Waals surface area contributed by atoms with Crippen LogP contribution in [0.25, 0.3) is 6.08 Å². The highest BCUT2D eigenvalue weighted by molar-refractivity contribution is 5.72. The highest BCUT2D eigenvalue weighted by Gasteiger charge is 2.01. The second kappa shape index (κ2) is 7.54. The zero-order chi connectivity index (χ0) is 13.4. The predicted octanol–water partition coefficient (Wildman–Crippen LogP) is 3.01. The maximum Gasteiger partial charge on any atom is 0.216 e. The van der Waals surface area contributed by atoms with E-state index in [1.54, 1.807) is 0 Å². The normalized spacial score (nSPS) is 10.9. The molecule has 1 amide bonds. The number of benzene rings is 1. The molecule has 0 spiro atoms. The Morgan fingerprint density at radius 2 is 2.11 bits per heavy atom. The topological polar surface area (TPSA) is 38.3 Å². The van der Waals surface area contributed by atoms with Crippen molar-refractivity contribution in [3.05, 3.63) is 35.9 Å². The number of hydrogen-bond donors (Lipinski definition) is 1. The van der Waals surface area contributed by atoms with Crippen LogP contribution in [0.4, 0.5) is 0 Å². The second-order valence-electron chi connectivity index (χ2n) is 4.38. The molecule has 0 heterocycles. The fourth-order valence-electron chi connectivity index (χ4n) is 1.52. The van der Waals surface area contributed by atoms with Gasteiger partial charge in [0.1, 0.15) is 5.75 Å². The summed E-state index contributed by atoms with van der Waals surface area (Å²) in [7, 11) is 0. The molecular formula is C15H21NO2. The minimum atomic E-state index is 0.00643. The summed E-state index contributed by atoms with van der Waals surface area (Å²) in [5.74, 6) is 0.898. The average Bonchev–Trinajstić information content (AvgIpc) is 2.29. The summed E-state index contributed by atoms with van der Waals surface area (Å²) in [5, 5.41) is 2.76. The first-order valence-electron chi connectivity index (χ1n) is 6.26. The molecule has 0 aliphatic carbocycles. The Balaban J connectivity index is 2.55. The molecule has 1 aromatic carbocycles. The molecule has 3 heteroatoms. The standard InChI is InChI=1S/C15H21NO2/c1-12(2)18-15-10-5-4-8-14(15)9-6-7-11-16-13(3)17/h4-6,8-10,12H,7,11H2,1-3H3,(H,16,17). The van der Waals surface area contributed by atoms with Crippen molar-refractivity contribution in [1.29, 1.82) is 0 Å². The fourth-order valence-corrected chi connectivity index (χ4v) is 1.52. The van der Waals surface area contributed by atoms with Gasteiger partial charge in [0.05, 0.1) is 6.10 Å². The van der Waals surface area contributed by atoms with E-state index in [2.05, 4.69) is 5.32 Å². The van der Waals surface area contributed by atoms with Crippen LogP contribution in [0.2, 0.25) is 0 Å². The van der Waals surface area contributed by atoms with Crippen molar-refractivity contribution in [3.8, 4) is 5.75 Å². The van der Waals surface area contributed by atoms with Crippen molar-refractivity contribution >= 4 is 12.0 Å². The number of para-hydroxylation sites is 1. The van der Waals surface area contributed by atoms with E-state index in [1.807, 2.05) is 50.3 Å². The van der Waals surface area contributed by atoms with Gasteiger partial charge in [-0.15, -0.1) is 0 Å². The molecule has 0 radical (unpaired) electrons. The van der Waals surface area contributed by atoms with Crippen molar-refractivity contribution in [2.45, 2.75) is 33.3 Å². The average molecular weight is 247 g/mol. The van der Waals surface area contributed by atoms with Gasteiger partial charge in [0.15, 0.2) is 0 Å². The predicted molar refractivity (Wildman–Crippen MR) is 74.5 cm³/mol. The van der Waals surface area contributed by atoms with Gasteiger partial charge in [-0.25, -0.2) is 0 Å². The van der Waals surface area contributed by atoms with Crippen LogP contribution in [-0.4, -0.2) is 18.6 Å². The highest BCUT2D eigenvalue weighted by atomic mass is 16.5. The van der Waals surface area contributed by atoms with Gasteiger partial charge in [0.25, 0.3) is 0 Å². The zero-order valence-electron chi connectivity index (χ0n) is 11.3. The summed E-state index contributed by atoms with van der Waals surface area (Å²) in [5.41, 5.74) is 1.06. The molecule has 1 aromatic rings. The molecular weight excluding hydrogens is 226 g/mol. The van der Waals surface area contributed by atoms with Crippen LogP contribution in [0.15, 0.2) is 30.3 Å². The molecule has 0 aliphatic heterocycles. The Morgan fingerprint density at radius 1 is 1.39 bits per heavy atom. The summed E-state index contributed by atoms with van der Waals surface area (Å²) in [6.45, 7) is 6.21. The van der Waals surface area contributed by atoms with Gasteiger partial charge >= 0.3 is 0 Å². The minimum absolute atomic E-state index is 0.00643. The van der Waals surface area contributed by atoms with Crippen molar-refractivity contribution in [3.63, 3.8) is 0 Å². The van der Waals surface area contributed by atoms with Crippen LogP contribution in [-0.2, 0) is 4.79 Å². The molecule has 3 nitrogen and oxygen atoms in total. The number of carbonyl (C=O) groups is 1. The Kier molecular flexibility index (Phi) is 5.98. The van der Waals surface area contributed by atoms with E-state index in [9.17, 15) is 4.79 Å². The third-order valence-corrected chi connectivity index (χ3v) is 2.26. The van der Waals surface area contributed by atoms with E-state index in [0.717, 1.165) is 17.7 Å². The van der Waals surface area contributed by atoms with Crippen molar-refractivity contribution < 1.29 is 9.53 Å². The lowest BCUT2D eigenvalue weighted by Crippen LogP contribution is -2.20. The maximum absolute atomic E-state index is 10.7. The minimum Gasteiger partial charge on any atom is -0.490 e. The van der Waals surface area contributed by atoms with E-state index in [0.29, 0.717) is 6.54 Å². The molecule has 0 atom stereocenters. The van der Waals surface area contributed by atoms with Crippen molar-refractivity contribution in [1.82, 2.24) is 5.32 Å². The molecule has 0 aromatic heterocycles. The van der Waals surface area contributed by atoms with E-state index in [4.69, 9.17) is 4.74 Å². The summed E-state index contributed by atoms with van der Waals surface area (Å²) >= 11 is 0. The quantitative estimate of drug-likeness (QED) is 0.785. The zero-order valence-corrected chi connectivity index (χ0v) is 11.3. The number of hydrogen-bond acceptors (Lipinski definition) is 2. The van der Waals surface area contributed by atoms with Crippen molar-refractivity contribution in [2.75, 3.05) is 6.54 Å². The SMILES string of the molecule is CC(=O)NCCC=Cc1ccccc1OC(C)C. The Morgan fingerprint density at radius 3 is 2.78 bits per heavy atom. The maximum atomic E-state index is 10.7. The van der Waals surface area contributed by atoms with Crippen LogP contribution in [0.3, 0.4) is 0 Å². The number of nitrogens with one attached hydrogen (secondary N) is 1. The second-order valence-corrected chi connectivity index (χ2v) is 4.38. The lowest BCUT2D eigenvalue weighted by Gasteiger charge is -2.12. The molecule has 98 valence electrons. The third-order valence-electron chi connectivity index (χ3n) is 2.26. The molecule has 0 aliphatic rings. The highest BCUT2D eigenvalue weighted by Crippen LogP contribution is 2.20.